The molecule has 1 aliphatic rings. The van der Waals surface area contributed by atoms with Crippen LogP contribution in [0.5, 0.6) is 0 Å². The molecule has 1 N–H and O–H groups in total. The van der Waals surface area contributed by atoms with Crippen molar-refractivity contribution in [2.75, 3.05) is 13.1 Å². The van der Waals surface area contributed by atoms with Crippen LogP contribution in [0.4, 0.5) is 0 Å². The lowest BCUT2D eigenvalue weighted by Crippen LogP contribution is -2.04. The van der Waals surface area contributed by atoms with Crippen molar-refractivity contribution in [1.82, 2.24) is 5.32 Å². The van der Waals surface area contributed by atoms with E-state index in [1.165, 1.54) is 21.1 Å². The van der Waals surface area contributed by atoms with Gasteiger partial charge in [-0.1, -0.05) is 23.8 Å². The number of benzene rings is 1. The summed E-state index contributed by atoms with van der Waals surface area (Å²) in [5.41, 5.74) is 2.83. The Labute approximate surface area is 92.4 Å². The zero-order chi connectivity index (χ0) is 9.10. The van der Waals surface area contributed by atoms with Gasteiger partial charge in [0.25, 0.3) is 0 Å². The molecule has 0 atom stereocenters. The van der Waals surface area contributed by atoms with Crippen LogP contribution in [0.2, 0.25) is 0 Å². The molecule has 1 saturated heterocycles. The van der Waals surface area contributed by atoms with Crippen LogP contribution in [0.15, 0.2) is 29.8 Å². The van der Waals surface area contributed by atoms with Crippen molar-refractivity contribution < 1.29 is 0 Å². The number of nitrogens with one attached hydrogen (secondary N) is 1. The summed E-state index contributed by atoms with van der Waals surface area (Å²) in [5.74, 6) is 0. The van der Waals surface area contributed by atoms with E-state index in [0.717, 1.165) is 13.1 Å². The molecule has 0 bridgehead atoms. The maximum Gasteiger partial charge on any atom is 0.0168 e. The van der Waals surface area contributed by atoms with Crippen LogP contribution in [0.3, 0.4) is 0 Å². The highest BCUT2D eigenvalue weighted by Gasteiger charge is 2.04. The zero-order valence-electron chi connectivity index (χ0n) is 7.39. The second-order valence-corrected chi connectivity index (χ2v) is 4.53. The first kappa shape index (κ1) is 9.21. The van der Waals surface area contributed by atoms with Gasteiger partial charge in [0.2, 0.25) is 0 Å². The molecule has 0 spiro atoms. The highest BCUT2D eigenvalue weighted by Crippen LogP contribution is 2.13. The van der Waals surface area contributed by atoms with Gasteiger partial charge in [-0.05, 0) is 53.3 Å². The molecule has 1 aromatic carbocycles. The summed E-state index contributed by atoms with van der Waals surface area (Å²) in [7, 11) is 0. The Balaban J connectivity index is 2.17. The third-order valence-electron chi connectivity index (χ3n) is 2.22. The van der Waals surface area contributed by atoms with E-state index in [4.69, 9.17) is 0 Å². The van der Waals surface area contributed by atoms with E-state index in [9.17, 15) is 0 Å². The van der Waals surface area contributed by atoms with Crippen molar-refractivity contribution in [3.63, 3.8) is 0 Å². The highest BCUT2D eigenvalue weighted by atomic mass is 127. The van der Waals surface area contributed by atoms with E-state index in [1.807, 2.05) is 0 Å². The lowest BCUT2D eigenvalue weighted by Gasteiger charge is -1.96. The van der Waals surface area contributed by atoms with E-state index in [1.54, 1.807) is 0 Å². The van der Waals surface area contributed by atoms with Crippen molar-refractivity contribution in [2.24, 2.45) is 0 Å². The fourth-order valence-corrected chi connectivity index (χ4v) is 1.86. The van der Waals surface area contributed by atoms with Gasteiger partial charge < -0.3 is 5.32 Å². The quantitative estimate of drug-likeness (QED) is 0.782. The van der Waals surface area contributed by atoms with Gasteiger partial charge >= 0.3 is 0 Å². The maximum absolute atomic E-state index is 3.33. The molecule has 1 fully saturated rings. The smallest absolute Gasteiger partial charge is 0.0168 e. The normalized spacial score (nSPS) is 19.6. The molecule has 0 unspecified atom stereocenters. The third-order valence-corrected chi connectivity index (χ3v) is 2.93. The lowest BCUT2D eigenvalue weighted by molar-refractivity contribution is 0.862. The van der Waals surface area contributed by atoms with Gasteiger partial charge in [-0.25, -0.2) is 0 Å². The lowest BCUT2D eigenvalue weighted by atomic mass is 10.1. The largest absolute Gasteiger partial charge is 0.313 e. The van der Waals surface area contributed by atoms with Crippen LogP contribution < -0.4 is 5.32 Å². The number of hydrogen-bond donors (Lipinski definition) is 1. The monoisotopic (exact) mass is 285 g/mol. The summed E-state index contributed by atoms with van der Waals surface area (Å²) in [6.07, 6.45) is 3.49. The van der Waals surface area contributed by atoms with Gasteiger partial charge in [0.15, 0.2) is 0 Å². The summed E-state index contributed by atoms with van der Waals surface area (Å²) in [6.45, 7) is 2.20. The van der Waals surface area contributed by atoms with Crippen molar-refractivity contribution in [3.05, 3.63) is 39.0 Å². The summed E-state index contributed by atoms with van der Waals surface area (Å²) in [4.78, 5) is 0. The van der Waals surface area contributed by atoms with Gasteiger partial charge in [-0.15, -0.1) is 0 Å². The standard InChI is InChI=1S/C11H12IN/c12-11-3-1-9(2-4-11)7-10-5-6-13-8-10/h1-4,7,13H,5-6,8H2. The Morgan fingerprint density at radius 1 is 1.23 bits per heavy atom. The molecule has 2 heteroatoms. The van der Waals surface area contributed by atoms with Crippen LogP contribution in [-0.2, 0) is 0 Å². The first-order valence-corrected chi connectivity index (χ1v) is 5.58. The van der Waals surface area contributed by atoms with Gasteiger partial charge in [0.05, 0.1) is 0 Å². The number of rotatable bonds is 1. The second kappa shape index (κ2) is 4.24. The maximum atomic E-state index is 3.33. The molecule has 0 aliphatic carbocycles. The Morgan fingerprint density at radius 2 is 2.00 bits per heavy atom. The molecule has 68 valence electrons. The molecule has 1 nitrogen and oxygen atoms in total. The Hall–Kier alpha value is -0.350. The Kier molecular flexibility index (Phi) is 3.01. The fraction of sp³-hybridized carbons (Fsp3) is 0.273. The number of halogens is 1. The first-order chi connectivity index (χ1) is 6.34. The minimum absolute atomic E-state index is 1.06. The SMILES string of the molecule is Ic1ccc(C=C2CCNC2)cc1. The average molecular weight is 285 g/mol. The summed E-state index contributed by atoms with van der Waals surface area (Å²) >= 11 is 2.33. The summed E-state index contributed by atoms with van der Waals surface area (Å²) in [5, 5.41) is 3.33. The predicted molar refractivity (Wildman–Crippen MR) is 64.6 cm³/mol. The molecule has 1 aliphatic heterocycles. The number of hydrogen-bond acceptors (Lipinski definition) is 1. The van der Waals surface area contributed by atoms with Gasteiger partial charge in [-0.2, -0.15) is 0 Å². The summed E-state index contributed by atoms with van der Waals surface area (Å²) in [6, 6.07) is 8.64. The van der Waals surface area contributed by atoms with E-state index in [-0.39, 0.29) is 0 Å². The third kappa shape index (κ3) is 2.54. The molecular formula is C11H12IN. The van der Waals surface area contributed by atoms with Crippen molar-refractivity contribution in [2.45, 2.75) is 6.42 Å². The van der Waals surface area contributed by atoms with Crippen LogP contribution in [-0.4, -0.2) is 13.1 Å². The van der Waals surface area contributed by atoms with Gasteiger partial charge in [0.1, 0.15) is 0 Å². The molecular weight excluding hydrogens is 273 g/mol. The molecule has 0 amide bonds. The molecule has 13 heavy (non-hydrogen) atoms. The van der Waals surface area contributed by atoms with Gasteiger partial charge in [0, 0.05) is 10.1 Å². The van der Waals surface area contributed by atoms with E-state index >= 15 is 0 Å². The fourth-order valence-electron chi connectivity index (χ4n) is 1.50. The first-order valence-electron chi connectivity index (χ1n) is 4.50. The Morgan fingerprint density at radius 3 is 2.62 bits per heavy atom. The second-order valence-electron chi connectivity index (χ2n) is 3.28. The molecule has 2 rings (SSSR count). The van der Waals surface area contributed by atoms with Crippen molar-refractivity contribution in [1.29, 1.82) is 0 Å². The van der Waals surface area contributed by atoms with Gasteiger partial charge in [-0.3, -0.25) is 0 Å². The molecule has 1 heterocycles. The van der Waals surface area contributed by atoms with E-state index < -0.39 is 0 Å². The topological polar surface area (TPSA) is 12.0 Å². The van der Waals surface area contributed by atoms with Crippen molar-refractivity contribution >= 4 is 28.7 Å². The zero-order valence-corrected chi connectivity index (χ0v) is 9.54. The Bertz CT molecular complexity index is 305. The van der Waals surface area contributed by atoms with Crippen molar-refractivity contribution in [3.8, 4) is 0 Å². The average Bonchev–Trinajstić information content (AvgIpc) is 2.62. The van der Waals surface area contributed by atoms with Crippen LogP contribution >= 0.6 is 22.6 Å². The van der Waals surface area contributed by atoms with Crippen LogP contribution in [0.1, 0.15) is 12.0 Å². The molecule has 0 saturated carbocycles. The van der Waals surface area contributed by atoms with E-state index in [0.29, 0.717) is 0 Å². The van der Waals surface area contributed by atoms with Crippen LogP contribution in [0.25, 0.3) is 6.08 Å². The highest BCUT2D eigenvalue weighted by molar-refractivity contribution is 14.1. The molecule has 1 aromatic rings. The minimum atomic E-state index is 1.06. The molecule has 0 radical (unpaired) electrons. The minimum Gasteiger partial charge on any atom is -0.313 e. The molecule has 0 aromatic heterocycles. The van der Waals surface area contributed by atoms with Crippen LogP contribution in [0, 0.1) is 3.57 Å². The summed E-state index contributed by atoms with van der Waals surface area (Å²) < 4.78 is 1.30. The predicted octanol–water partition coefficient (Wildman–Crippen LogP) is 2.67. The van der Waals surface area contributed by atoms with E-state index in [2.05, 4.69) is 58.2 Å².